The molecule has 1 aromatic heterocycles. The second kappa shape index (κ2) is 8.36. The molecule has 1 aliphatic rings. The molecular formula is C23H30N6O. The van der Waals surface area contributed by atoms with Crippen molar-refractivity contribution in [2.75, 3.05) is 31.1 Å². The number of aryl methyl sites for hydroxylation is 1. The van der Waals surface area contributed by atoms with Crippen molar-refractivity contribution < 1.29 is 4.74 Å². The third kappa shape index (κ3) is 4.11. The van der Waals surface area contributed by atoms with E-state index in [-0.39, 0.29) is 11.9 Å². The van der Waals surface area contributed by atoms with Crippen LogP contribution in [0.2, 0.25) is 0 Å². The smallest absolute Gasteiger partial charge is 0.124 e. The number of ether oxygens (including phenoxy) is 1. The molecule has 2 heterocycles. The van der Waals surface area contributed by atoms with E-state index in [1.165, 1.54) is 5.52 Å². The summed E-state index contributed by atoms with van der Waals surface area (Å²) in [4.78, 5) is 9.54. The first-order valence-electron chi connectivity index (χ1n) is 10.4. The van der Waals surface area contributed by atoms with Gasteiger partial charge in [-0.2, -0.15) is 0 Å². The van der Waals surface area contributed by atoms with Gasteiger partial charge in [-0.05, 0) is 38.1 Å². The van der Waals surface area contributed by atoms with Crippen molar-refractivity contribution in [1.29, 1.82) is 5.41 Å². The molecule has 0 atom stereocenters. The fourth-order valence-electron chi connectivity index (χ4n) is 4.03. The standard InChI is InChI=1S/C23H30N6O/c1-16(2)30-17-8-9-18(23(24)25)21(14-17)29-12-10-28(11-13-29)15-22-26-19-6-4-5-7-20(19)27(22)3/h4-9,14,16H,10-13,15H2,1-3H3,(H3,24,25). The zero-order valence-electron chi connectivity index (χ0n) is 17.9. The van der Waals surface area contributed by atoms with Crippen LogP contribution in [0.1, 0.15) is 25.2 Å². The Bertz CT molecular complexity index is 1050. The first-order chi connectivity index (χ1) is 14.4. The Kier molecular flexibility index (Phi) is 5.63. The average molecular weight is 407 g/mol. The highest BCUT2D eigenvalue weighted by Gasteiger charge is 2.22. The third-order valence-corrected chi connectivity index (χ3v) is 5.59. The Morgan fingerprint density at radius 2 is 1.87 bits per heavy atom. The first kappa shape index (κ1) is 20.2. The van der Waals surface area contributed by atoms with Crippen LogP contribution in [0.15, 0.2) is 42.5 Å². The average Bonchev–Trinajstić information content (AvgIpc) is 3.03. The number of nitrogen functional groups attached to an aromatic ring is 1. The fraction of sp³-hybridized carbons (Fsp3) is 0.391. The van der Waals surface area contributed by atoms with Crippen LogP contribution in [0.3, 0.4) is 0 Å². The predicted octanol–water partition coefficient (Wildman–Crippen LogP) is 2.97. The Morgan fingerprint density at radius 1 is 1.13 bits per heavy atom. The minimum Gasteiger partial charge on any atom is -0.491 e. The lowest BCUT2D eigenvalue weighted by Crippen LogP contribution is -2.46. The number of benzene rings is 2. The maximum Gasteiger partial charge on any atom is 0.124 e. The Morgan fingerprint density at radius 3 is 2.53 bits per heavy atom. The highest BCUT2D eigenvalue weighted by atomic mass is 16.5. The van der Waals surface area contributed by atoms with Gasteiger partial charge in [-0.25, -0.2) is 4.98 Å². The lowest BCUT2D eigenvalue weighted by molar-refractivity contribution is 0.239. The van der Waals surface area contributed by atoms with Gasteiger partial charge in [0.2, 0.25) is 0 Å². The van der Waals surface area contributed by atoms with E-state index in [4.69, 9.17) is 20.9 Å². The molecule has 158 valence electrons. The molecule has 4 rings (SSSR count). The highest BCUT2D eigenvalue weighted by molar-refractivity contribution is 6.00. The second-order valence-corrected chi connectivity index (χ2v) is 8.10. The van der Waals surface area contributed by atoms with Gasteiger partial charge in [0.25, 0.3) is 0 Å². The lowest BCUT2D eigenvalue weighted by Gasteiger charge is -2.37. The van der Waals surface area contributed by atoms with Gasteiger partial charge >= 0.3 is 0 Å². The van der Waals surface area contributed by atoms with Crippen molar-refractivity contribution in [3.8, 4) is 5.75 Å². The molecule has 0 spiro atoms. The molecule has 0 saturated carbocycles. The summed E-state index contributed by atoms with van der Waals surface area (Å²) in [6, 6.07) is 14.0. The summed E-state index contributed by atoms with van der Waals surface area (Å²) in [5, 5.41) is 7.96. The van der Waals surface area contributed by atoms with E-state index >= 15 is 0 Å². The summed E-state index contributed by atoms with van der Waals surface area (Å²) in [5.41, 5.74) is 9.79. The normalized spacial score (nSPS) is 15.1. The molecule has 3 aromatic rings. The van der Waals surface area contributed by atoms with Crippen molar-refractivity contribution >= 4 is 22.6 Å². The van der Waals surface area contributed by atoms with Gasteiger partial charge in [0.05, 0.1) is 29.4 Å². The Balaban J connectivity index is 1.47. The molecule has 0 amide bonds. The molecule has 7 nitrogen and oxygen atoms in total. The molecular weight excluding hydrogens is 376 g/mol. The zero-order chi connectivity index (χ0) is 21.3. The van der Waals surface area contributed by atoms with Crippen LogP contribution in [-0.4, -0.2) is 52.6 Å². The first-order valence-corrected chi connectivity index (χ1v) is 10.4. The van der Waals surface area contributed by atoms with Crippen molar-refractivity contribution in [2.24, 2.45) is 12.8 Å². The second-order valence-electron chi connectivity index (χ2n) is 8.10. The van der Waals surface area contributed by atoms with Gasteiger partial charge in [0.1, 0.15) is 17.4 Å². The topological polar surface area (TPSA) is 83.4 Å². The van der Waals surface area contributed by atoms with Gasteiger partial charge < -0.3 is 19.9 Å². The minimum atomic E-state index is 0.0863. The fourth-order valence-corrected chi connectivity index (χ4v) is 4.03. The monoisotopic (exact) mass is 406 g/mol. The number of amidine groups is 1. The molecule has 30 heavy (non-hydrogen) atoms. The number of nitrogens with two attached hydrogens (primary N) is 1. The van der Waals surface area contributed by atoms with E-state index in [0.29, 0.717) is 0 Å². The predicted molar refractivity (Wildman–Crippen MR) is 121 cm³/mol. The van der Waals surface area contributed by atoms with Gasteiger partial charge in [0.15, 0.2) is 0 Å². The number of para-hydroxylation sites is 2. The van der Waals surface area contributed by atoms with E-state index < -0.39 is 0 Å². The summed E-state index contributed by atoms with van der Waals surface area (Å²) in [7, 11) is 2.08. The summed E-state index contributed by atoms with van der Waals surface area (Å²) < 4.78 is 8.05. The molecule has 1 saturated heterocycles. The van der Waals surface area contributed by atoms with Crippen LogP contribution in [0.25, 0.3) is 11.0 Å². The number of hydrogen-bond donors (Lipinski definition) is 2. The number of aromatic nitrogens is 2. The summed E-state index contributed by atoms with van der Waals surface area (Å²) in [6.07, 6.45) is 0.103. The number of nitrogens with zero attached hydrogens (tertiary/aromatic N) is 4. The zero-order valence-corrected chi connectivity index (χ0v) is 17.9. The Labute approximate surface area is 177 Å². The molecule has 0 unspecified atom stereocenters. The Hall–Kier alpha value is -3.06. The van der Waals surface area contributed by atoms with Crippen molar-refractivity contribution in [1.82, 2.24) is 14.5 Å². The van der Waals surface area contributed by atoms with Gasteiger partial charge in [-0.3, -0.25) is 10.3 Å². The highest BCUT2D eigenvalue weighted by Crippen LogP contribution is 2.28. The van der Waals surface area contributed by atoms with Crippen LogP contribution in [0.4, 0.5) is 5.69 Å². The van der Waals surface area contributed by atoms with E-state index in [1.807, 2.05) is 38.1 Å². The number of piperazine rings is 1. The molecule has 0 aliphatic carbocycles. The van der Waals surface area contributed by atoms with Crippen LogP contribution in [-0.2, 0) is 13.6 Å². The van der Waals surface area contributed by atoms with E-state index in [1.54, 1.807) is 0 Å². The number of nitrogens with one attached hydrogen (secondary N) is 1. The molecule has 2 aromatic carbocycles. The summed E-state index contributed by atoms with van der Waals surface area (Å²) >= 11 is 0. The molecule has 7 heteroatoms. The van der Waals surface area contributed by atoms with Crippen LogP contribution in [0.5, 0.6) is 5.75 Å². The van der Waals surface area contributed by atoms with Crippen LogP contribution in [0, 0.1) is 5.41 Å². The van der Waals surface area contributed by atoms with Crippen molar-refractivity contribution in [2.45, 2.75) is 26.5 Å². The molecule has 0 bridgehead atoms. The number of imidazole rings is 1. The molecule has 1 aliphatic heterocycles. The maximum atomic E-state index is 7.96. The summed E-state index contributed by atoms with van der Waals surface area (Å²) in [5.74, 6) is 1.98. The van der Waals surface area contributed by atoms with Gasteiger partial charge in [-0.1, -0.05) is 12.1 Å². The number of anilines is 1. The SMILES string of the molecule is CC(C)Oc1ccc(C(=N)N)c(N2CCN(Cc3nc4ccccc4n3C)CC2)c1. The maximum absolute atomic E-state index is 7.96. The lowest BCUT2D eigenvalue weighted by atomic mass is 10.1. The van der Waals surface area contributed by atoms with Gasteiger partial charge in [0, 0.05) is 44.9 Å². The van der Waals surface area contributed by atoms with Crippen molar-refractivity contribution in [3.63, 3.8) is 0 Å². The van der Waals surface area contributed by atoms with E-state index in [2.05, 4.69) is 39.6 Å². The number of fused-ring (bicyclic) bond motifs is 1. The summed E-state index contributed by atoms with van der Waals surface area (Å²) in [6.45, 7) is 8.45. The van der Waals surface area contributed by atoms with E-state index in [9.17, 15) is 0 Å². The van der Waals surface area contributed by atoms with Crippen LogP contribution < -0.4 is 15.4 Å². The van der Waals surface area contributed by atoms with E-state index in [0.717, 1.165) is 61.1 Å². The molecule has 0 radical (unpaired) electrons. The molecule has 1 fully saturated rings. The third-order valence-electron chi connectivity index (χ3n) is 5.59. The van der Waals surface area contributed by atoms with Crippen LogP contribution >= 0.6 is 0 Å². The van der Waals surface area contributed by atoms with Crippen molar-refractivity contribution in [3.05, 3.63) is 53.9 Å². The largest absolute Gasteiger partial charge is 0.491 e. The number of rotatable bonds is 6. The quantitative estimate of drug-likeness (QED) is 0.486. The number of hydrogen-bond acceptors (Lipinski definition) is 5. The molecule has 3 N–H and O–H groups in total. The van der Waals surface area contributed by atoms with Gasteiger partial charge in [-0.15, -0.1) is 0 Å². The minimum absolute atomic E-state index is 0.0863.